The number of methoxy groups -OCH3 is 2. The summed E-state index contributed by atoms with van der Waals surface area (Å²) < 4.78 is 52.1. The molecule has 0 atom stereocenters. The summed E-state index contributed by atoms with van der Waals surface area (Å²) in [4.78, 5) is 25.0. The van der Waals surface area contributed by atoms with Crippen molar-refractivity contribution in [1.29, 1.82) is 0 Å². The molecule has 6 nitrogen and oxygen atoms in total. The zero-order valence-corrected chi connectivity index (χ0v) is 15.3. The third-order valence-electron chi connectivity index (χ3n) is 3.44. The molecule has 0 bridgehead atoms. The van der Waals surface area contributed by atoms with Crippen LogP contribution in [0.5, 0.6) is 11.5 Å². The summed E-state index contributed by atoms with van der Waals surface area (Å²) in [6.45, 7) is 1.32. The van der Waals surface area contributed by atoms with Crippen LogP contribution in [0.4, 0.5) is 13.2 Å². The van der Waals surface area contributed by atoms with Crippen molar-refractivity contribution in [2.45, 2.75) is 26.1 Å². The maximum atomic E-state index is 12.4. The summed E-state index contributed by atoms with van der Waals surface area (Å²) >= 11 is 0. The lowest BCUT2D eigenvalue weighted by Gasteiger charge is -2.22. The second-order valence-electron chi connectivity index (χ2n) is 5.38. The number of ether oxygens (including phenoxy) is 3. The molecule has 150 valence electrons. The minimum Gasteiger partial charge on any atom is -0.497 e. The van der Waals surface area contributed by atoms with Crippen molar-refractivity contribution in [2.75, 3.05) is 27.4 Å². The van der Waals surface area contributed by atoms with E-state index in [1.54, 1.807) is 25.1 Å². The summed E-state index contributed by atoms with van der Waals surface area (Å²) in [5, 5.41) is 0. The Morgan fingerprint density at radius 2 is 1.89 bits per heavy atom. The molecule has 0 aliphatic carbocycles. The number of rotatable bonds is 9. The molecule has 1 rings (SSSR count). The quantitative estimate of drug-likeness (QED) is 0.369. The third-order valence-corrected chi connectivity index (χ3v) is 3.44. The Balaban J connectivity index is 3.01. The highest BCUT2D eigenvalue weighted by Crippen LogP contribution is 2.26. The van der Waals surface area contributed by atoms with Crippen molar-refractivity contribution in [3.8, 4) is 11.5 Å². The van der Waals surface area contributed by atoms with Gasteiger partial charge in [-0.15, -0.1) is 0 Å². The van der Waals surface area contributed by atoms with Crippen LogP contribution < -0.4 is 9.47 Å². The predicted molar refractivity (Wildman–Crippen MR) is 91.4 cm³/mol. The van der Waals surface area contributed by atoms with Crippen molar-refractivity contribution in [2.24, 2.45) is 0 Å². The zero-order chi connectivity index (χ0) is 20.4. The highest BCUT2D eigenvalue weighted by Gasteiger charge is 2.23. The number of allylic oxidation sites excluding steroid dienone is 1. The minimum absolute atomic E-state index is 0.0445. The van der Waals surface area contributed by atoms with E-state index >= 15 is 0 Å². The van der Waals surface area contributed by atoms with E-state index in [2.05, 4.69) is 0 Å². The zero-order valence-electron chi connectivity index (χ0n) is 15.3. The Labute approximate surface area is 155 Å². The van der Waals surface area contributed by atoms with E-state index in [9.17, 15) is 22.8 Å². The molecule has 9 heteroatoms. The minimum atomic E-state index is -4.49. The number of hydrogen-bond acceptors (Lipinski definition) is 5. The van der Waals surface area contributed by atoms with Crippen LogP contribution in [0, 0.1) is 0 Å². The van der Waals surface area contributed by atoms with Gasteiger partial charge >= 0.3 is 12.1 Å². The van der Waals surface area contributed by atoms with Crippen molar-refractivity contribution < 1.29 is 37.0 Å². The smallest absolute Gasteiger partial charge is 0.409 e. The largest absolute Gasteiger partial charge is 0.497 e. The molecule has 27 heavy (non-hydrogen) atoms. The van der Waals surface area contributed by atoms with Gasteiger partial charge in [0.2, 0.25) is 5.91 Å². The lowest BCUT2D eigenvalue weighted by Crippen LogP contribution is -2.33. The van der Waals surface area contributed by atoms with Gasteiger partial charge in [0.1, 0.15) is 17.9 Å². The van der Waals surface area contributed by atoms with Gasteiger partial charge in [-0.3, -0.25) is 9.59 Å². The van der Waals surface area contributed by atoms with Crippen LogP contribution in [0.25, 0.3) is 0 Å². The Morgan fingerprint density at radius 3 is 2.44 bits per heavy atom. The van der Waals surface area contributed by atoms with Crippen LogP contribution in [-0.2, 0) is 20.9 Å². The number of alkyl halides is 3. The molecular weight excluding hydrogens is 367 g/mol. The van der Waals surface area contributed by atoms with Crippen LogP contribution in [0.3, 0.4) is 0 Å². The normalized spacial score (nSPS) is 11.3. The summed E-state index contributed by atoms with van der Waals surface area (Å²) in [6.07, 6.45) is -4.19. The van der Waals surface area contributed by atoms with Gasteiger partial charge in [0.25, 0.3) is 0 Å². The number of hydrogen-bond donors (Lipinski definition) is 0. The molecule has 0 aliphatic rings. The van der Waals surface area contributed by atoms with Crippen molar-refractivity contribution in [3.63, 3.8) is 0 Å². The first-order valence-electron chi connectivity index (χ1n) is 8.08. The SMILES string of the molecule is CCOC(=O)CC(=O)N(C/C=C/C(F)(F)F)Cc1ccc(OC)cc1OC. The fourth-order valence-electron chi connectivity index (χ4n) is 2.20. The van der Waals surface area contributed by atoms with Crippen LogP contribution in [0.2, 0.25) is 0 Å². The Hall–Kier alpha value is -2.71. The second kappa shape index (κ2) is 10.4. The summed E-state index contributed by atoms with van der Waals surface area (Å²) in [5.41, 5.74) is 0.552. The van der Waals surface area contributed by atoms with Crippen LogP contribution >= 0.6 is 0 Å². The van der Waals surface area contributed by atoms with Crippen LogP contribution in [0.15, 0.2) is 30.4 Å². The van der Waals surface area contributed by atoms with E-state index in [1.165, 1.54) is 14.2 Å². The molecule has 0 spiro atoms. The average Bonchev–Trinajstić information content (AvgIpc) is 2.60. The first kappa shape index (κ1) is 22.3. The summed E-state index contributed by atoms with van der Waals surface area (Å²) in [5.74, 6) is -0.466. The molecule has 0 saturated carbocycles. The van der Waals surface area contributed by atoms with Crippen molar-refractivity contribution in [3.05, 3.63) is 35.9 Å². The fourth-order valence-corrected chi connectivity index (χ4v) is 2.20. The molecule has 1 aromatic carbocycles. The van der Waals surface area contributed by atoms with Crippen LogP contribution in [0.1, 0.15) is 18.9 Å². The van der Waals surface area contributed by atoms with E-state index in [0.29, 0.717) is 17.1 Å². The van der Waals surface area contributed by atoms with Gasteiger partial charge in [-0.1, -0.05) is 6.08 Å². The van der Waals surface area contributed by atoms with Gasteiger partial charge in [-0.25, -0.2) is 0 Å². The van der Waals surface area contributed by atoms with Crippen LogP contribution in [-0.4, -0.2) is 50.3 Å². The molecule has 0 aliphatic heterocycles. The number of carbonyl (C=O) groups excluding carboxylic acids is 2. The lowest BCUT2D eigenvalue weighted by molar-refractivity contribution is -0.148. The van der Waals surface area contributed by atoms with Gasteiger partial charge in [0, 0.05) is 30.8 Å². The van der Waals surface area contributed by atoms with E-state index in [4.69, 9.17) is 14.2 Å². The molecular formula is C18H22F3NO5. The molecule has 0 aromatic heterocycles. The molecule has 1 amide bonds. The number of amides is 1. The van der Waals surface area contributed by atoms with Gasteiger partial charge < -0.3 is 19.1 Å². The number of halogens is 3. The van der Waals surface area contributed by atoms with Gasteiger partial charge in [-0.05, 0) is 19.1 Å². The average molecular weight is 389 g/mol. The Morgan fingerprint density at radius 1 is 1.19 bits per heavy atom. The monoisotopic (exact) mass is 389 g/mol. The Bertz CT molecular complexity index is 673. The molecule has 0 unspecified atom stereocenters. The van der Waals surface area contributed by atoms with Gasteiger partial charge in [0.05, 0.1) is 20.8 Å². The molecule has 0 saturated heterocycles. The lowest BCUT2D eigenvalue weighted by atomic mass is 10.1. The first-order chi connectivity index (χ1) is 12.7. The van der Waals surface area contributed by atoms with Gasteiger partial charge in [-0.2, -0.15) is 13.2 Å². The summed E-state index contributed by atoms with van der Waals surface area (Å²) in [7, 11) is 2.90. The maximum absolute atomic E-state index is 12.4. The predicted octanol–water partition coefficient (Wildman–Crippen LogP) is 3.10. The highest BCUT2D eigenvalue weighted by molar-refractivity contribution is 5.94. The standard InChI is InChI=1S/C18H22F3NO5/c1-4-27-17(24)11-16(23)22(9-5-8-18(19,20)21)12-13-6-7-14(25-2)10-15(13)26-3/h5-8,10H,4,9,11-12H2,1-3H3/b8-5+. The molecule has 0 N–H and O–H groups in total. The number of carbonyl (C=O) groups is 2. The van der Waals surface area contributed by atoms with Crippen molar-refractivity contribution in [1.82, 2.24) is 4.90 Å². The number of nitrogens with zero attached hydrogens (tertiary/aromatic N) is 1. The number of benzene rings is 1. The van der Waals surface area contributed by atoms with E-state index in [0.717, 1.165) is 11.0 Å². The van der Waals surface area contributed by atoms with E-state index in [-0.39, 0.29) is 25.8 Å². The molecule has 0 radical (unpaired) electrons. The Kier molecular flexibility index (Phi) is 8.64. The topological polar surface area (TPSA) is 65.1 Å². The van der Waals surface area contributed by atoms with Gasteiger partial charge in [0.15, 0.2) is 0 Å². The maximum Gasteiger partial charge on any atom is 0.409 e. The molecule has 0 fully saturated rings. The first-order valence-corrected chi connectivity index (χ1v) is 8.08. The second-order valence-corrected chi connectivity index (χ2v) is 5.38. The molecule has 1 aromatic rings. The van der Waals surface area contributed by atoms with E-state index < -0.39 is 24.5 Å². The third kappa shape index (κ3) is 8.02. The highest BCUT2D eigenvalue weighted by atomic mass is 19.4. The van der Waals surface area contributed by atoms with E-state index in [1.807, 2.05) is 0 Å². The van der Waals surface area contributed by atoms with Crippen molar-refractivity contribution >= 4 is 11.9 Å². The summed E-state index contributed by atoms with van der Waals surface area (Å²) in [6, 6.07) is 4.86. The molecule has 0 heterocycles. The fraction of sp³-hybridized carbons (Fsp3) is 0.444. The number of esters is 1.